The Morgan fingerprint density at radius 3 is 2.50 bits per heavy atom. The van der Waals surface area contributed by atoms with E-state index in [2.05, 4.69) is 31.6 Å². The fraction of sp³-hybridized carbons (Fsp3) is 0.320. The minimum Gasteiger partial charge on any atom is -0.366 e. The third kappa shape index (κ3) is 6.76. The molecule has 2 heterocycles. The molecule has 2 aliphatic heterocycles. The molecule has 0 aliphatic carbocycles. The van der Waals surface area contributed by atoms with Gasteiger partial charge in [0.15, 0.2) is 5.17 Å². The highest BCUT2D eigenvalue weighted by molar-refractivity contribution is 9.10. The summed E-state index contributed by atoms with van der Waals surface area (Å²) in [6.07, 6.45) is -0.356. The van der Waals surface area contributed by atoms with Crippen molar-refractivity contribution in [1.29, 1.82) is 0 Å². The number of amides is 4. The molecule has 2 aromatic carbocycles. The predicted octanol–water partition coefficient (Wildman–Crippen LogP) is 3.81. The Labute approximate surface area is 229 Å². The lowest BCUT2D eigenvalue weighted by molar-refractivity contribution is -0.146. The minimum atomic E-state index is -3.47. The van der Waals surface area contributed by atoms with Gasteiger partial charge in [-0.25, -0.2) is 4.99 Å². The average molecular weight is 608 g/mol. The molecule has 200 valence electrons. The first-order valence-electron chi connectivity index (χ1n) is 11.7. The number of halogens is 3. The van der Waals surface area contributed by atoms with E-state index in [1.807, 2.05) is 0 Å². The van der Waals surface area contributed by atoms with Crippen LogP contribution in [0.4, 0.5) is 20.2 Å². The van der Waals surface area contributed by atoms with Crippen LogP contribution in [0.3, 0.4) is 0 Å². The molecule has 2 atom stereocenters. The molecule has 2 fully saturated rings. The van der Waals surface area contributed by atoms with Crippen molar-refractivity contribution in [2.75, 3.05) is 11.9 Å². The van der Waals surface area contributed by atoms with E-state index < -0.39 is 41.4 Å². The summed E-state index contributed by atoms with van der Waals surface area (Å²) < 4.78 is 28.6. The van der Waals surface area contributed by atoms with Crippen molar-refractivity contribution in [1.82, 2.24) is 10.2 Å². The Balaban J connectivity index is 1.54. The molecule has 2 saturated heterocycles. The van der Waals surface area contributed by atoms with Gasteiger partial charge in [0, 0.05) is 41.2 Å². The van der Waals surface area contributed by atoms with Crippen LogP contribution in [0.25, 0.3) is 0 Å². The van der Waals surface area contributed by atoms with E-state index in [0.717, 1.165) is 16.2 Å². The smallest absolute Gasteiger partial charge is 0.324 e. The summed E-state index contributed by atoms with van der Waals surface area (Å²) in [6, 6.07) is 12.3. The Bertz CT molecular complexity index is 1270. The number of alkyl halides is 2. The molecule has 2 aliphatic rings. The fourth-order valence-corrected chi connectivity index (χ4v) is 5.45. The molecular weight excluding hydrogens is 584 g/mol. The van der Waals surface area contributed by atoms with Crippen molar-refractivity contribution in [3.63, 3.8) is 0 Å². The maximum atomic E-state index is 13.9. The molecule has 2 unspecified atom stereocenters. The van der Waals surface area contributed by atoms with Crippen LogP contribution < -0.4 is 16.4 Å². The van der Waals surface area contributed by atoms with Crippen LogP contribution in [0.1, 0.15) is 36.0 Å². The second-order valence-electron chi connectivity index (χ2n) is 8.89. The van der Waals surface area contributed by atoms with E-state index in [1.54, 1.807) is 36.4 Å². The van der Waals surface area contributed by atoms with Crippen LogP contribution in [0.2, 0.25) is 0 Å². The van der Waals surface area contributed by atoms with Crippen LogP contribution in [0.5, 0.6) is 0 Å². The number of thioether (sulfide) groups is 1. The van der Waals surface area contributed by atoms with Crippen molar-refractivity contribution in [2.45, 2.75) is 42.9 Å². The maximum Gasteiger partial charge on any atom is 0.324 e. The van der Waals surface area contributed by atoms with E-state index in [9.17, 15) is 28.0 Å². The van der Waals surface area contributed by atoms with E-state index in [1.165, 1.54) is 17.0 Å². The van der Waals surface area contributed by atoms with Crippen LogP contribution in [0, 0.1) is 0 Å². The number of hydrogen-bond acceptors (Lipinski definition) is 6. The van der Waals surface area contributed by atoms with Crippen molar-refractivity contribution in [3.05, 3.63) is 58.6 Å². The first-order valence-corrected chi connectivity index (χ1v) is 13.4. The number of carbonyl (C=O) groups is 4. The SMILES string of the molecule is NC(=O)c1ccc(N=C2SC(CC(=O)Nc3ccc(Br)cc3)C(=O)N2CC2CCCC(F)(F)C(=O)N2)cc1. The predicted molar refractivity (Wildman–Crippen MR) is 143 cm³/mol. The summed E-state index contributed by atoms with van der Waals surface area (Å²) in [7, 11) is 0. The lowest BCUT2D eigenvalue weighted by Gasteiger charge is -2.24. The third-order valence-electron chi connectivity index (χ3n) is 6.01. The second kappa shape index (κ2) is 11.6. The molecule has 4 amide bonds. The number of nitrogens with two attached hydrogens (primary N) is 1. The van der Waals surface area contributed by atoms with E-state index >= 15 is 0 Å². The summed E-state index contributed by atoms with van der Waals surface area (Å²) in [5, 5.41) is 4.53. The normalized spacial score (nSPS) is 22.2. The number of aliphatic imine (C=N–C) groups is 1. The number of carbonyl (C=O) groups excluding carboxylic acids is 4. The molecule has 0 saturated carbocycles. The van der Waals surface area contributed by atoms with Gasteiger partial charge in [0.2, 0.25) is 17.7 Å². The van der Waals surface area contributed by atoms with E-state index in [0.29, 0.717) is 11.4 Å². The topological polar surface area (TPSA) is 134 Å². The van der Waals surface area contributed by atoms with Crippen molar-refractivity contribution in [2.24, 2.45) is 10.7 Å². The molecule has 0 radical (unpaired) electrons. The van der Waals surface area contributed by atoms with Gasteiger partial charge in [-0.2, -0.15) is 8.78 Å². The molecule has 4 rings (SSSR count). The largest absolute Gasteiger partial charge is 0.366 e. The number of hydrogen-bond donors (Lipinski definition) is 3. The highest BCUT2D eigenvalue weighted by Crippen LogP contribution is 2.33. The summed E-state index contributed by atoms with van der Waals surface area (Å²) in [5.41, 5.74) is 6.55. The molecule has 0 aromatic heterocycles. The molecule has 38 heavy (non-hydrogen) atoms. The number of nitrogens with zero attached hydrogens (tertiary/aromatic N) is 2. The van der Waals surface area contributed by atoms with Gasteiger partial charge in [0.1, 0.15) is 5.25 Å². The summed E-state index contributed by atoms with van der Waals surface area (Å²) in [4.78, 5) is 55.2. The summed E-state index contributed by atoms with van der Waals surface area (Å²) >= 11 is 4.40. The van der Waals surface area contributed by atoms with Gasteiger partial charge < -0.3 is 16.4 Å². The van der Waals surface area contributed by atoms with Gasteiger partial charge in [0.05, 0.1) is 5.69 Å². The van der Waals surface area contributed by atoms with Crippen LogP contribution in [-0.4, -0.2) is 57.5 Å². The summed E-state index contributed by atoms with van der Waals surface area (Å²) in [6.45, 7) is -0.0727. The number of anilines is 1. The number of primary amides is 1. The Hall–Kier alpha value is -3.32. The van der Waals surface area contributed by atoms with Gasteiger partial charge >= 0.3 is 5.92 Å². The molecule has 0 spiro atoms. The number of benzene rings is 2. The molecule has 13 heteroatoms. The van der Waals surface area contributed by atoms with Crippen LogP contribution >= 0.6 is 27.7 Å². The highest BCUT2D eigenvalue weighted by atomic mass is 79.9. The van der Waals surface area contributed by atoms with Gasteiger partial charge in [-0.1, -0.05) is 27.7 Å². The maximum absolute atomic E-state index is 13.9. The standard InChI is InChI=1S/C25H24BrF2N5O4S/c26-15-5-9-16(10-6-15)30-20(34)12-19-22(36)33(13-18-2-1-11-25(27,28)23(37)31-18)24(38-19)32-17-7-3-14(4-8-17)21(29)35/h3-10,18-19H,1-2,11-13H2,(H2,29,35)(H,30,34)(H,31,37). The average Bonchev–Trinajstić information content (AvgIpc) is 3.06. The Kier molecular flexibility index (Phi) is 8.46. The van der Waals surface area contributed by atoms with E-state index in [-0.39, 0.29) is 42.4 Å². The number of nitrogens with one attached hydrogen (secondary N) is 2. The zero-order valence-corrected chi connectivity index (χ0v) is 22.4. The number of rotatable bonds is 7. The van der Waals surface area contributed by atoms with E-state index in [4.69, 9.17) is 5.73 Å². The monoisotopic (exact) mass is 607 g/mol. The molecule has 2 aromatic rings. The molecule has 0 bridgehead atoms. The number of amidine groups is 1. The first-order chi connectivity index (χ1) is 18.0. The minimum absolute atomic E-state index is 0.0727. The second-order valence-corrected chi connectivity index (χ2v) is 11.0. The van der Waals surface area contributed by atoms with Gasteiger partial charge in [-0.3, -0.25) is 24.1 Å². The fourth-order valence-electron chi connectivity index (χ4n) is 4.02. The molecule has 9 nitrogen and oxygen atoms in total. The zero-order valence-electron chi connectivity index (χ0n) is 20.0. The molecular formula is C25H24BrF2N5O4S. The third-order valence-corrected chi connectivity index (χ3v) is 7.71. The molecule has 4 N–H and O–H groups in total. The first kappa shape index (κ1) is 27.7. The lowest BCUT2D eigenvalue weighted by Crippen LogP contribution is -2.48. The van der Waals surface area contributed by atoms with Gasteiger partial charge in [0.25, 0.3) is 5.91 Å². The quantitative estimate of drug-likeness (QED) is 0.440. The lowest BCUT2D eigenvalue weighted by atomic mass is 10.1. The van der Waals surface area contributed by atoms with Crippen molar-refractivity contribution >= 4 is 67.9 Å². The zero-order chi connectivity index (χ0) is 27.4. The van der Waals surface area contributed by atoms with Gasteiger partial charge in [-0.05, 0) is 61.4 Å². The van der Waals surface area contributed by atoms with Gasteiger partial charge in [-0.15, -0.1) is 0 Å². The highest BCUT2D eigenvalue weighted by Gasteiger charge is 2.44. The van der Waals surface area contributed by atoms with Crippen LogP contribution in [-0.2, 0) is 14.4 Å². The van der Waals surface area contributed by atoms with Crippen molar-refractivity contribution < 1.29 is 28.0 Å². The van der Waals surface area contributed by atoms with Crippen LogP contribution in [0.15, 0.2) is 58.0 Å². The van der Waals surface area contributed by atoms with Crippen molar-refractivity contribution in [3.8, 4) is 0 Å². The summed E-state index contributed by atoms with van der Waals surface area (Å²) in [5.74, 6) is -6.24. The Morgan fingerprint density at radius 2 is 1.84 bits per heavy atom. The Morgan fingerprint density at radius 1 is 1.16 bits per heavy atom.